The Morgan fingerprint density at radius 3 is 2.82 bits per heavy atom. The molecule has 0 aliphatic heterocycles. The van der Waals surface area contributed by atoms with E-state index in [4.69, 9.17) is 0 Å². The molecule has 0 radical (unpaired) electrons. The van der Waals surface area contributed by atoms with Crippen LogP contribution in [0.1, 0.15) is 48.9 Å². The van der Waals surface area contributed by atoms with Crippen LogP contribution in [0, 0.1) is 5.92 Å². The fraction of sp³-hybridized carbons (Fsp3) is 0.533. The van der Waals surface area contributed by atoms with Gasteiger partial charge in [-0.2, -0.15) is 0 Å². The molecule has 17 heavy (non-hydrogen) atoms. The molecular formula is C15H19NO. The molecule has 2 aliphatic carbocycles. The fourth-order valence-corrected chi connectivity index (χ4v) is 2.62. The molecule has 1 aromatic rings. The van der Waals surface area contributed by atoms with E-state index in [0.29, 0.717) is 5.92 Å². The molecular weight excluding hydrogens is 210 g/mol. The van der Waals surface area contributed by atoms with E-state index in [0.717, 1.165) is 12.8 Å². The van der Waals surface area contributed by atoms with Crippen molar-refractivity contribution in [2.45, 2.75) is 45.1 Å². The van der Waals surface area contributed by atoms with E-state index in [1.54, 1.807) is 0 Å². The number of fused-ring (bicyclic) bond motifs is 1. The summed E-state index contributed by atoms with van der Waals surface area (Å²) in [4.78, 5) is 11.7. The monoisotopic (exact) mass is 229 g/mol. The van der Waals surface area contributed by atoms with Gasteiger partial charge in [-0.25, -0.2) is 0 Å². The second-order valence-electron chi connectivity index (χ2n) is 5.39. The largest absolute Gasteiger partial charge is 0.349 e. The van der Waals surface area contributed by atoms with E-state index in [1.165, 1.54) is 36.0 Å². The van der Waals surface area contributed by atoms with Crippen molar-refractivity contribution in [2.24, 2.45) is 5.92 Å². The van der Waals surface area contributed by atoms with Gasteiger partial charge in [-0.3, -0.25) is 4.79 Å². The number of nitrogens with one attached hydrogen (secondary N) is 1. The summed E-state index contributed by atoms with van der Waals surface area (Å²) in [5.74, 6) is 0.532. The smallest absolute Gasteiger partial charge is 0.223 e. The van der Waals surface area contributed by atoms with E-state index < -0.39 is 0 Å². The average molecular weight is 229 g/mol. The number of carbonyl (C=O) groups excluding carboxylic acids is 1. The first-order chi connectivity index (χ1) is 8.24. The lowest BCUT2D eigenvalue weighted by molar-refractivity contribution is -0.122. The van der Waals surface area contributed by atoms with Gasteiger partial charge in [0.2, 0.25) is 5.91 Å². The zero-order valence-corrected chi connectivity index (χ0v) is 10.3. The number of aryl methyl sites for hydroxylation is 2. The van der Waals surface area contributed by atoms with Crippen LogP contribution in [0.2, 0.25) is 0 Å². The minimum absolute atomic E-state index is 0.147. The van der Waals surface area contributed by atoms with Crippen LogP contribution in [0.25, 0.3) is 0 Å². The molecule has 1 fully saturated rings. The summed E-state index contributed by atoms with van der Waals surface area (Å²) in [7, 11) is 0. The maximum Gasteiger partial charge on any atom is 0.223 e. The first-order valence-electron chi connectivity index (χ1n) is 6.66. The van der Waals surface area contributed by atoms with E-state index >= 15 is 0 Å². The van der Waals surface area contributed by atoms with Gasteiger partial charge in [-0.15, -0.1) is 0 Å². The first-order valence-corrected chi connectivity index (χ1v) is 6.66. The molecule has 3 rings (SSSR count). The number of benzene rings is 1. The van der Waals surface area contributed by atoms with Gasteiger partial charge in [-0.1, -0.05) is 18.2 Å². The van der Waals surface area contributed by atoms with Crippen LogP contribution >= 0.6 is 0 Å². The summed E-state index contributed by atoms with van der Waals surface area (Å²) in [6.07, 6.45) is 5.85. The van der Waals surface area contributed by atoms with Crippen molar-refractivity contribution < 1.29 is 4.79 Å². The molecule has 2 aliphatic rings. The van der Waals surface area contributed by atoms with Crippen LogP contribution in [-0.4, -0.2) is 5.91 Å². The van der Waals surface area contributed by atoms with Crippen molar-refractivity contribution in [1.82, 2.24) is 5.32 Å². The van der Waals surface area contributed by atoms with E-state index in [-0.39, 0.29) is 11.9 Å². The molecule has 1 amide bonds. The maximum atomic E-state index is 11.7. The molecule has 90 valence electrons. The molecule has 0 spiro atoms. The zero-order valence-electron chi connectivity index (χ0n) is 10.3. The summed E-state index contributed by atoms with van der Waals surface area (Å²) in [6, 6.07) is 6.83. The van der Waals surface area contributed by atoms with Crippen molar-refractivity contribution in [1.29, 1.82) is 0 Å². The molecule has 1 saturated carbocycles. The molecule has 0 bridgehead atoms. The van der Waals surface area contributed by atoms with Crippen LogP contribution < -0.4 is 5.32 Å². The molecule has 2 nitrogen and oxygen atoms in total. The summed E-state index contributed by atoms with van der Waals surface area (Å²) in [5.41, 5.74) is 4.23. The molecule has 0 unspecified atom stereocenters. The topological polar surface area (TPSA) is 29.1 Å². The van der Waals surface area contributed by atoms with Gasteiger partial charge in [-0.05, 0) is 55.7 Å². The van der Waals surface area contributed by atoms with Crippen LogP contribution in [0.4, 0.5) is 0 Å². The maximum absolute atomic E-state index is 11.7. The van der Waals surface area contributed by atoms with Crippen LogP contribution in [0.15, 0.2) is 18.2 Å². The predicted octanol–water partition coefficient (Wildman–Crippen LogP) is 2.76. The van der Waals surface area contributed by atoms with Crippen molar-refractivity contribution in [3.8, 4) is 0 Å². The third-order valence-electron chi connectivity index (χ3n) is 3.93. The highest BCUT2D eigenvalue weighted by Gasteiger charge is 2.30. The van der Waals surface area contributed by atoms with Crippen molar-refractivity contribution in [3.05, 3.63) is 34.9 Å². The molecule has 0 heterocycles. The van der Waals surface area contributed by atoms with E-state index in [9.17, 15) is 4.79 Å². The van der Waals surface area contributed by atoms with Crippen molar-refractivity contribution >= 4 is 5.91 Å². The number of rotatable bonds is 3. The highest BCUT2D eigenvalue weighted by atomic mass is 16.2. The molecule has 1 N–H and O–H groups in total. The van der Waals surface area contributed by atoms with Gasteiger partial charge in [0.1, 0.15) is 0 Å². The Hall–Kier alpha value is -1.31. The lowest BCUT2D eigenvalue weighted by Crippen LogP contribution is -2.27. The standard InChI is InChI=1S/C15H19NO/c1-10(16-15(17)12-6-7-12)13-8-5-11-3-2-4-14(11)9-13/h5,8-10,12H,2-4,6-7H2,1H3,(H,16,17)/t10-/m0/s1. The lowest BCUT2D eigenvalue weighted by atomic mass is 10.0. The van der Waals surface area contributed by atoms with Crippen LogP contribution in [0.3, 0.4) is 0 Å². The summed E-state index contributed by atoms with van der Waals surface area (Å²) in [5, 5.41) is 3.11. The number of hydrogen-bond acceptors (Lipinski definition) is 1. The lowest BCUT2D eigenvalue weighted by Gasteiger charge is -2.15. The van der Waals surface area contributed by atoms with Gasteiger partial charge in [0, 0.05) is 5.92 Å². The Labute approximate surface area is 102 Å². The van der Waals surface area contributed by atoms with Gasteiger partial charge in [0.15, 0.2) is 0 Å². The van der Waals surface area contributed by atoms with Crippen LogP contribution in [0.5, 0.6) is 0 Å². The average Bonchev–Trinajstić information content (AvgIpc) is 3.07. The summed E-state index contributed by atoms with van der Waals surface area (Å²) < 4.78 is 0. The number of carbonyl (C=O) groups is 1. The zero-order chi connectivity index (χ0) is 11.8. The van der Waals surface area contributed by atoms with E-state index in [1.807, 2.05) is 0 Å². The van der Waals surface area contributed by atoms with Gasteiger partial charge >= 0.3 is 0 Å². The predicted molar refractivity (Wildman–Crippen MR) is 67.7 cm³/mol. The second kappa shape index (κ2) is 4.17. The third-order valence-corrected chi connectivity index (χ3v) is 3.93. The normalized spacial score (nSPS) is 19.8. The highest BCUT2D eigenvalue weighted by Crippen LogP contribution is 2.30. The summed E-state index contributed by atoms with van der Waals surface area (Å²) >= 11 is 0. The SMILES string of the molecule is C[C@H](NC(=O)C1CC1)c1ccc2c(c1)CCC2. The van der Waals surface area contributed by atoms with Crippen molar-refractivity contribution in [3.63, 3.8) is 0 Å². The van der Waals surface area contributed by atoms with E-state index in [2.05, 4.69) is 30.4 Å². The van der Waals surface area contributed by atoms with Crippen molar-refractivity contribution in [2.75, 3.05) is 0 Å². The molecule has 0 saturated heterocycles. The van der Waals surface area contributed by atoms with Crippen LogP contribution in [-0.2, 0) is 17.6 Å². The minimum atomic E-state index is 0.147. The summed E-state index contributed by atoms with van der Waals surface area (Å²) in [6.45, 7) is 2.08. The van der Waals surface area contributed by atoms with Gasteiger partial charge < -0.3 is 5.32 Å². The Morgan fingerprint density at radius 2 is 2.06 bits per heavy atom. The molecule has 2 heteroatoms. The first kappa shape index (κ1) is 10.8. The Kier molecular flexibility index (Phi) is 2.65. The third kappa shape index (κ3) is 2.21. The fourth-order valence-electron chi connectivity index (χ4n) is 2.62. The molecule has 0 aromatic heterocycles. The Bertz CT molecular complexity index is 448. The highest BCUT2D eigenvalue weighted by molar-refractivity contribution is 5.81. The molecule has 1 aromatic carbocycles. The Balaban J connectivity index is 1.72. The molecule has 1 atom stereocenters. The quantitative estimate of drug-likeness (QED) is 0.848. The van der Waals surface area contributed by atoms with Gasteiger partial charge in [0.05, 0.1) is 6.04 Å². The Morgan fingerprint density at radius 1 is 1.29 bits per heavy atom. The minimum Gasteiger partial charge on any atom is -0.349 e. The second-order valence-corrected chi connectivity index (χ2v) is 5.39. The number of hydrogen-bond donors (Lipinski definition) is 1. The van der Waals surface area contributed by atoms with Gasteiger partial charge in [0.25, 0.3) is 0 Å². The number of amides is 1.